The average Bonchev–Trinajstić information content (AvgIpc) is 3.34. The van der Waals surface area contributed by atoms with Crippen LogP contribution in [0.4, 0.5) is 0 Å². The molecule has 0 spiro atoms. The number of amides is 2. The van der Waals surface area contributed by atoms with Gasteiger partial charge in [0.15, 0.2) is 0 Å². The Labute approximate surface area is 199 Å². The van der Waals surface area contributed by atoms with Gasteiger partial charge in [0.05, 0.1) is 10.4 Å². The lowest BCUT2D eigenvalue weighted by Gasteiger charge is -2.35. The Bertz CT molecular complexity index is 1100. The highest BCUT2D eigenvalue weighted by molar-refractivity contribution is 7.13. The van der Waals surface area contributed by atoms with Gasteiger partial charge >= 0.3 is 0 Å². The minimum Gasteiger partial charge on any atom is -0.348 e. The number of nitrogens with one attached hydrogen (secondary N) is 1. The molecule has 2 amide bonds. The van der Waals surface area contributed by atoms with Crippen LogP contribution in [0.3, 0.4) is 0 Å². The second kappa shape index (κ2) is 10.3. The first kappa shape index (κ1) is 23.1. The van der Waals surface area contributed by atoms with E-state index in [1.165, 1.54) is 16.9 Å². The van der Waals surface area contributed by atoms with Crippen LogP contribution in [0.25, 0.3) is 21.6 Å². The number of thiazole rings is 1. The monoisotopic (exact) mass is 462 g/mol. The van der Waals surface area contributed by atoms with E-state index in [2.05, 4.69) is 52.5 Å². The molecule has 1 aromatic heterocycles. The molecule has 0 saturated carbocycles. The maximum Gasteiger partial charge on any atom is 0.252 e. The van der Waals surface area contributed by atoms with E-state index in [0.717, 1.165) is 54.3 Å². The van der Waals surface area contributed by atoms with Gasteiger partial charge in [-0.05, 0) is 31.0 Å². The van der Waals surface area contributed by atoms with Gasteiger partial charge < -0.3 is 10.2 Å². The van der Waals surface area contributed by atoms with Crippen molar-refractivity contribution in [1.29, 1.82) is 0 Å². The topological polar surface area (TPSA) is 65.5 Å². The molecule has 4 rings (SSSR count). The normalized spacial score (nSPS) is 15.3. The number of rotatable bonds is 6. The van der Waals surface area contributed by atoms with Crippen molar-refractivity contribution in [3.63, 3.8) is 0 Å². The molecule has 1 saturated heterocycles. The molecule has 2 heterocycles. The molecule has 0 bridgehead atoms. The van der Waals surface area contributed by atoms with Gasteiger partial charge in [-0.2, -0.15) is 0 Å². The number of benzene rings is 2. The zero-order chi connectivity index (χ0) is 23.4. The summed E-state index contributed by atoms with van der Waals surface area (Å²) < 4.78 is 0. The summed E-state index contributed by atoms with van der Waals surface area (Å²) in [6.45, 7) is 9.61. The predicted molar refractivity (Wildman–Crippen MR) is 133 cm³/mol. The minimum absolute atomic E-state index is 0.0151. The van der Waals surface area contributed by atoms with E-state index in [9.17, 15) is 9.59 Å². The van der Waals surface area contributed by atoms with Crippen LogP contribution in [0.1, 0.15) is 29.8 Å². The van der Waals surface area contributed by atoms with Crippen LogP contribution in [0.5, 0.6) is 0 Å². The zero-order valence-electron chi connectivity index (χ0n) is 19.4. The molecule has 0 aliphatic carbocycles. The molecule has 0 unspecified atom stereocenters. The molecule has 3 aromatic rings. The lowest BCUT2D eigenvalue weighted by atomic mass is 9.93. The van der Waals surface area contributed by atoms with Crippen LogP contribution in [0, 0.1) is 6.92 Å². The number of nitrogens with zero attached hydrogens (tertiary/aromatic N) is 3. The van der Waals surface area contributed by atoms with Crippen LogP contribution in [-0.4, -0.2) is 65.4 Å². The summed E-state index contributed by atoms with van der Waals surface area (Å²) in [6.07, 6.45) is 1.83. The van der Waals surface area contributed by atoms with E-state index in [1.54, 1.807) is 12.4 Å². The minimum atomic E-state index is -0.0813. The van der Waals surface area contributed by atoms with Gasteiger partial charge in [-0.3, -0.25) is 19.5 Å². The highest BCUT2D eigenvalue weighted by Gasteiger charge is 2.23. The Balaban J connectivity index is 1.53. The molecular formula is C26H30N4O2S. The Morgan fingerprint density at radius 1 is 1.09 bits per heavy atom. The highest BCUT2D eigenvalue weighted by Crippen LogP contribution is 2.37. The van der Waals surface area contributed by atoms with Crippen LogP contribution in [-0.2, 0) is 4.79 Å². The summed E-state index contributed by atoms with van der Waals surface area (Å²) in [5.41, 5.74) is 6.68. The summed E-state index contributed by atoms with van der Waals surface area (Å²) in [4.78, 5) is 34.4. The van der Waals surface area contributed by atoms with Gasteiger partial charge in [-0.1, -0.05) is 42.0 Å². The quantitative estimate of drug-likeness (QED) is 0.600. The van der Waals surface area contributed by atoms with E-state index in [4.69, 9.17) is 0 Å². The Morgan fingerprint density at radius 2 is 1.82 bits per heavy atom. The second-order valence-electron chi connectivity index (χ2n) is 8.64. The van der Waals surface area contributed by atoms with Gasteiger partial charge in [0.25, 0.3) is 5.91 Å². The van der Waals surface area contributed by atoms with Gasteiger partial charge in [0, 0.05) is 63.0 Å². The molecule has 0 radical (unpaired) electrons. The smallest absolute Gasteiger partial charge is 0.252 e. The van der Waals surface area contributed by atoms with Crippen molar-refractivity contribution >= 4 is 23.2 Å². The van der Waals surface area contributed by atoms with Crippen molar-refractivity contribution < 1.29 is 9.59 Å². The fraction of sp³-hybridized carbons (Fsp3) is 0.346. The first-order chi connectivity index (χ1) is 15.9. The first-order valence-electron chi connectivity index (χ1n) is 11.3. The van der Waals surface area contributed by atoms with E-state index < -0.39 is 0 Å². The number of aryl methyl sites for hydroxylation is 1. The summed E-state index contributed by atoms with van der Waals surface area (Å²) in [7, 11) is 0. The Morgan fingerprint density at radius 3 is 2.45 bits per heavy atom. The maximum atomic E-state index is 13.4. The van der Waals surface area contributed by atoms with Crippen molar-refractivity contribution in [2.45, 2.75) is 26.8 Å². The number of hydrogen-bond donors (Lipinski definition) is 1. The zero-order valence-corrected chi connectivity index (χ0v) is 20.2. The summed E-state index contributed by atoms with van der Waals surface area (Å²) in [6, 6.07) is 14.3. The fourth-order valence-corrected chi connectivity index (χ4v) is 4.99. The fourth-order valence-electron chi connectivity index (χ4n) is 4.30. The number of aromatic nitrogens is 1. The number of carbonyl (C=O) groups excluding carboxylic acids is 2. The van der Waals surface area contributed by atoms with Gasteiger partial charge in [-0.15, -0.1) is 11.3 Å². The third-order valence-corrected chi connectivity index (χ3v) is 6.87. The van der Waals surface area contributed by atoms with Crippen LogP contribution in [0.15, 0.2) is 54.2 Å². The highest BCUT2D eigenvalue weighted by atomic mass is 32.1. The van der Waals surface area contributed by atoms with Crippen molar-refractivity contribution in [3.8, 4) is 21.6 Å². The van der Waals surface area contributed by atoms with Crippen molar-refractivity contribution in [2.24, 2.45) is 0 Å². The third-order valence-electron chi connectivity index (χ3n) is 6.08. The molecule has 1 aliphatic rings. The first-order valence-corrected chi connectivity index (χ1v) is 12.2. The van der Waals surface area contributed by atoms with Crippen LogP contribution >= 0.6 is 11.3 Å². The molecule has 1 aliphatic heterocycles. The van der Waals surface area contributed by atoms with E-state index in [1.807, 2.05) is 30.2 Å². The second-order valence-corrected chi connectivity index (χ2v) is 9.53. The molecule has 6 nitrogen and oxygen atoms in total. The van der Waals surface area contributed by atoms with Gasteiger partial charge in [0.1, 0.15) is 0 Å². The maximum absolute atomic E-state index is 13.4. The third kappa shape index (κ3) is 5.49. The molecule has 1 atom stereocenters. The molecular weight excluding hydrogens is 432 g/mol. The van der Waals surface area contributed by atoms with Gasteiger partial charge in [-0.25, -0.2) is 0 Å². The molecule has 172 valence electrons. The Hall–Kier alpha value is -3.03. The number of piperazine rings is 1. The van der Waals surface area contributed by atoms with Gasteiger partial charge in [0.2, 0.25) is 5.91 Å². The number of hydrogen-bond acceptors (Lipinski definition) is 5. The Kier molecular flexibility index (Phi) is 7.20. The van der Waals surface area contributed by atoms with Crippen LogP contribution in [0.2, 0.25) is 0 Å². The summed E-state index contributed by atoms with van der Waals surface area (Å²) >= 11 is 1.54. The molecule has 7 heteroatoms. The van der Waals surface area contributed by atoms with E-state index in [0.29, 0.717) is 5.56 Å². The summed E-state index contributed by atoms with van der Waals surface area (Å²) in [5, 5.41) is 3.19. The molecule has 1 N–H and O–H groups in total. The molecule has 33 heavy (non-hydrogen) atoms. The predicted octanol–water partition coefficient (Wildman–Crippen LogP) is 4.07. The number of carbonyl (C=O) groups is 2. The molecule has 1 fully saturated rings. The SMILES string of the molecule is CC(=O)N1CCN(C[C@H](C)NC(=O)c2cccc(-c3ccc(C)cc3)c2-c2cncs2)CC1. The van der Waals surface area contributed by atoms with Crippen LogP contribution < -0.4 is 5.32 Å². The standard InChI is InChI=1S/C26H30N4O2S/c1-18-7-9-21(10-8-18)22-5-4-6-23(25(22)24-15-27-17-33-24)26(32)28-19(2)16-29-11-13-30(14-12-29)20(3)31/h4-10,15,17,19H,11-14,16H2,1-3H3,(H,28,32)/t19-/m0/s1. The average molecular weight is 463 g/mol. The van der Waals surface area contributed by atoms with Crippen molar-refractivity contribution in [1.82, 2.24) is 20.1 Å². The van der Waals surface area contributed by atoms with Crippen molar-refractivity contribution in [3.05, 3.63) is 65.3 Å². The molecule has 2 aromatic carbocycles. The van der Waals surface area contributed by atoms with E-state index in [-0.39, 0.29) is 17.9 Å². The van der Waals surface area contributed by atoms with E-state index >= 15 is 0 Å². The largest absolute Gasteiger partial charge is 0.348 e. The lowest BCUT2D eigenvalue weighted by Crippen LogP contribution is -2.51. The van der Waals surface area contributed by atoms with Crippen molar-refractivity contribution in [2.75, 3.05) is 32.7 Å². The summed E-state index contributed by atoms with van der Waals surface area (Å²) in [5.74, 6) is 0.0438. The lowest BCUT2D eigenvalue weighted by molar-refractivity contribution is -0.130.